The molecule has 3 aromatic heterocycles. The lowest BCUT2D eigenvalue weighted by Gasteiger charge is -2.05. The number of hydrogen-bond donors (Lipinski definition) is 1. The zero-order valence-electron chi connectivity index (χ0n) is 13.5. The number of carbonyl (C=O) groups excluding carboxylic acids is 1. The quantitative estimate of drug-likeness (QED) is 0.618. The number of nitrogens with one attached hydrogen (secondary N) is 1. The first kappa shape index (κ1) is 15.1. The number of fused-ring (bicyclic) bond motifs is 3. The van der Waals surface area contributed by atoms with Gasteiger partial charge in [0, 0.05) is 31.1 Å². The number of nitrogens with zero attached hydrogens (tertiary/aromatic N) is 4. The first-order valence-corrected chi connectivity index (χ1v) is 7.78. The molecule has 124 valence electrons. The third-order valence-corrected chi connectivity index (χ3v) is 3.84. The number of para-hydroxylation sites is 2. The van der Waals surface area contributed by atoms with Gasteiger partial charge in [-0.2, -0.15) is 0 Å². The van der Waals surface area contributed by atoms with Gasteiger partial charge in [-0.25, -0.2) is 15.0 Å². The molecule has 0 aliphatic rings. The zero-order chi connectivity index (χ0) is 17.2. The van der Waals surface area contributed by atoms with Gasteiger partial charge in [0.1, 0.15) is 0 Å². The largest absolute Gasteiger partial charge is 0.468 e. The highest BCUT2D eigenvalue weighted by molar-refractivity contribution is 5.80. The van der Waals surface area contributed by atoms with Crippen molar-refractivity contribution in [3.63, 3.8) is 0 Å². The summed E-state index contributed by atoms with van der Waals surface area (Å²) in [6.45, 7) is -0.0618. The fraction of sp³-hybridized carbons (Fsp3) is 0.111. The van der Waals surface area contributed by atoms with E-state index >= 15 is 0 Å². The molecular formula is C18H15N5O2. The van der Waals surface area contributed by atoms with Gasteiger partial charge in [-0.05, 0) is 24.3 Å². The maximum Gasteiger partial charge on any atom is 0.257 e. The standard InChI is InChI=1S/C18H15N5O2/c1-19-16(24)11-25-17-7-6-12(10-20-17)13-8-9-23-15-5-3-2-4-14(15)22-18(23)21-13/h2-10H,11H2,1H3,(H,19,24). The third kappa shape index (κ3) is 2.87. The van der Waals surface area contributed by atoms with Crippen molar-refractivity contribution in [2.75, 3.05) is 13.7 Å². The molecule has 7 nitrogen and oxygen atoms in total. The van der Waals surface area contributed by atoms with Gasteiger partial charge in [-0.15, -0.1) is 0 Å². The smallest absolute Gasteiger partial charge is 0.257 e. The van der Waals surface area contributed by atoms with Gasteiger partial charge in [0.2, 0.25) is 11.7 Å². The van der Waals surface area contributed by atoms with Crippen LogP contribution in [0.3, 0.4) is 0 Å². The van der Waals surface area contributed by atoms with Crippen LogP contribution in [0.4, 0.5) is 0 Å². The molecule has 4 rings (SSSR count). The van der Waals surface area contributed by atoms with E-state index in [-0.39, 0.29) is 12.5 Å². The van der Waals surface area contributed by atoms with Crippen LogP contribution >= 0.6 is 0 Å². The molecule has 0 atom stereocenters. The van der Waals surface area contributed by atoms with Crippen molar-refractivity contribution in [1.29, 1.82) is 0 Å². The number of amides is 1. The van der Waals surface area contributed by atoms with E-state index in [1.165, 1.54) is 0 Å². The highest BCUT2D eigenvalue weighted by Crippen LogP contribution is 2.21. The van der Waals surface area contributed by atoms with Crippen LogP contribution in [0.1, 0.15) is 0 Å². The summed E-state index contributed by atoms with van der Waals surface area (Å²) in [6, 6.07) is 13.4. The van der Waals surface area contributed by atoms with E-state index in [0.29, 0.717) is 11.7 Å². The Hall–Kier alpha value is -3.48. The van der Waals surface area contributed by atoms with E-state index in [1.54, 1.807) is 19.3 Å². The fourth-order valence-corrected chi connectivity index (χ4v) is 2.54. The average Bonchev–Trinajstić information content (AvgIpc) is 3.04. The first-order chi connectivity index (χ1) is 12.2. The predicted molar refractivity (Wildman–Crippen MR) is 93.3 cm³/mol. The van der Waals surface area contributed by atoms with Crippen LogP contribution in [0, 0.1) is 0 Å². The van der Waals surface area contributed by atoms with Crippen LogP contribution in [-0.4, -0.2) is 38.9 Å². The Balaban J connectivity index is 1.62. The number of aromatic nitrogens is 4. The van der Waals surface area contributed by atoms with Crippen LogP contribution in [0.25, 0.3) is 28.1 Å². The van der Waals surface area contributed by atoms with Crippen LogP contribution in [0.5, 0.6) is 5.88 Å². The minimum absolute atomic E-state index is 0.0618. The Kier molecular flexibility index (Phi) is 3.74. The van der Waals surface area contributed by atoms with Gasteiger partial charge in [0.25, 0.3) is 5.91 Å². The molecule has 3 heterocycles. The Morgan fingerprint density at radius 3 is 2.84 bits per heavy atom. The van der Waals surface area contributed by atoms with Gasteiger partial charge in [-0.3, -0.25) is 9.20 Å². The van der Waals surface area contributed by atoms with Gasteiger partial charge in [0.15, 0.2) is 6.61 Å². The van der Waals surface area contributed by atoms with Crippen LogP contribution in [0.15, 0.2) is 54.9 Å². The first-order valence-electron chi connectivity index (χ1n) is 7.78. The number of rotatable bonds is 4. The van der Waals surface area contributed by atoms with Crippen molar-refractivity contribution in [1.82, 2.24) is 24.7 Å². The third-order valence-electron chi connectivity index (χ3n) is 3.84. The number of hydrogen-bond acceptors (Lipinski definition) is 5. The van der Waals surface area contributed by atoms with Crippen molar-refractivity contribution < 1.29 is 9.53 Å². The van der Waals surface area contributed by atoms with Crippen LogP contribution < -0.4 is 10.1 Å². The summed E-state index contributed by atoms with van der Waals surface area (Å²) >= 11 is 0. The minimum Gasteiger partial charge on any atom is -0.468 e. The van der Waals surface area contributed by atoms with Gasteiger partial charge < -0.3 is 10.1 Å². The maximum atomic E-state index is 11.2. The topological polar surface area (TPSA) is 81.4 Å². The number of imidazole rings is 1. The predicted octanol–water partition coefficient (Wildman–Crippen LogP) is 2.07. The molecule has 0 saturated carbocycles. The second kappa shape index (κ2) is 6.20. The van der Waals surface area contributed by atoms with E-state index in [1.807, 2.05) is 47.0 Å². The molecule has 1 N–H and O–H groups in total. The van der Waals surface area contributed by atoms with E-state index < -0.39 is 0 Å². The molecule has 4 aromatic rings. The second-order valence-electron chi connectivity index (χ2n) is 5.43. The van der Waals surface area contributed by atoms with Crippen molar-refractivity contribution in [2.45, 2.75) is 0 Å². The second-order valence-corrected chi connectivity index (χ2v) is 5.43. The fourth-order valence-electron chi connectivity index (χ4n) is 2.54. The summed E-state index contributed by atoms with van der Waals surface area (Å²) in [6.07, 6.45) is 3.61. The van der Waals surface area contributed by atoms with E-state index in [9.17, 15) is 4.79 Å². The molecule has 0 aliphatic heterocycles. The van der Waals surface area contributed by atoms with Gasteiger partial charge in [-0.1, -0.05) is 12.1 Å². The van der Waals surface area contributed by atoms with Gasteiger partial charge in [0.05, 0.1) is 16.7 Å². The van der Waals surface area contributed by atoms with E-state index in [4.69, 9.17) is 4.74 Å². The highest BCUT2D eigenvalue weighted by Gasteiger charge is 2.08. The minimum atomic E-state index is -0.204. The van der Waals surface area contributed by atoms with Crippen molar-refractivity contribution in [2.24, 2.45) is 0 Å². The monoisotopic (exact) mass is 333 g/mol. The van der Waals surface area contributed by atoms with Crippen molar-refractivity contribution >= 4 is 22.7 Å². The lowest BCUT2D eigenvalue weighted by molar-refractivity contribution is -0.122. The summed E-state index contributed by atoms with van der Waals surface area (Å²) in [5.74, 6) is 0.822. The maximum absolute atomic E-state index is 11.2. The molecule has 0 radical (unpaired) electrons. The zero-order valence-corrected chi connectivity index (χ0v) is 13.5. The van der Waals surface area contributed by atoms with Gasteiger partial charge >= 0.3 is 0 Å². The van der Waals surface area contributed by atoms with E-state index in [2.05, 4.69) is 20.3 Å². The summed E-state index contributed by atoms with van der Waals surface area (Å²) in [4.78, 5) is 24.5. The molecule has 0 unspecified atom stereocenters. The Bertz CT molecular complexity index is 1060. The summed E-state index contributed by atoms with van der Waals surface area (Å²) < 4.78 is 7.25. The van der Waals surface area contributed by atoms with Crippen molar-refractivity contribution in [3.05, 3.63) is 54.9 Å². The Morgan fingerprint density at radius 2 is 2.04 bits per heavy atom. The molecule has 0 fully saturated rings. The Morgan fingerprint density at radius 1 is 1.16 bits per heavy atom. The summed E-state index contributed by atoms with van der Waals surface area (Å²) in [5.41, 5.74) is 3.55. The number of likely N-dealkylation sites (N-methyl/N-ethyl adjacent to an activating group) is 1. The lowest BCUT2D eigenvalue weighted by atomic mass is 10.2. The molecule has 0 aliphatic carbocycles. The molecule has 7 heteroatoms. The molecule has 1 amide bonds. The summed E-state index contributed by atoms with van der Waals surface area (Å²) in [7, 11) is 1.56. The number of benzene rings is 1. The number of ether oxygens (including phenoxy) is 1. The lowest BCUT2D eigenvalue weighted by Crippen LogP contribution is -2.25. The molecule has 0 spiro atoms. The SMILES string of the molecule is CNC(=O)COc1ccc(-c2ccn3c(n2)nc2ccccc23)cn1. The molecule has 1 aromatic carbocycles. The molecule has 0 saturated heterocycles. The molecule has 0 bridgehead atoms. The van der Waals surface area contributed by atoms with Crippen molar-refractivity contribution in [3.8, 4) is 17.1 Å². The Labute approximate surface area is 143 Å². The number of pyridine rings is 1. The average molecular weight is 333 g/mol. The van der Waals surface area contributed by atoms with Crippen LogP contribution in [-0.2, 0) is 4.79 Å². The molecular weight excluding hydrogens is 318 g/mol. The normalized spacial score (nSPS) is 10.9. The van der Waals surface area contributed by atoms with Crippen LogP contribution in [0.2, 0.25) is 0 Å². The highest BCUT2D eigenvalue weighted by atomic mass is 16.5. The van der Waals surface area contributed by atoms with E-state index in [0.717, 1.165) is 22.3 Å². The number of carbonyl (C=O) groups is 1. The summed E-state index contributed by atoms with van der Waals surface area (Å²) in [5, 5.41) is 2.49. The molecule has 25 heavy (non-hydrogen) atoms.